The lowest BCUT2D eigenvalue weighted by Crippen LogP contribution is -3.00. The molecule has 0 saturated heterocycles. The van der Waals surface area contributed by atoms with Crippen molar-refractivity contribution in [2.45, 2.75) is 96.9 Å². The first-order valence-corrected chi connectivity index (χ1v) is 13.1. The number of amides is 1. The molecule has 0 radical (unpaired) electrons. The zero-order valence-electron chi connectivity index (χ0n) is 21.4. The van der Waals surface area contributed by atoms with Gasteiger partial charge >= 0.3 is 0 Å². The summed E-state index contributed by atoms with van der Waals surface area (Å²) in [6.45, 7) is 3.57. The minimum atomic E-state index is 0. The van der Waals surface area contributed by atoms with Crippen molar-refractivity contribution in [1.82, 2.24) is 5.32 Å². The first-order valence-electron chi connectivity index (χ1n) is 13.1. The maximum atomic E-state index is 12.3. The Hall–Kier alpha value is -1.63. The SMILES string of the molecule is CCCCCCCCCCCCCCOc1cccc(CC(=O)NCc2cc[n+](C)cc2)c1.[I-]. The second-order valence-electron chi connectivity index (χ2n) is 9.21. The van der Waals surface area contributed by atoms with Crippen LogP contribution in [-0.2, 0) is 24.8 Å². The van der Waals surface area contributed by atoms with Gasteiger partial charge in [-0.3, -0.25) is 4.79 Å². The van der Waals surface area contributed by atoms with Crippen molar-refractivity contribution in [2.75, 3.05) is 6.61 Å². The van der Waals surface area contributed by atoms with Gasteiger partial charge in [0.2, 0.25) is 5.91 Å². The summed E-state index contributed by atoms with van der Waals surface area (Å²) in [5.41, 5.74) is 2.08. The second kappa shape index (κ2) is 19.7. The standard InChI is InChI=1S/C29H44N2O2.HI/c1-3-4-5-6-7-8-9-10-11-12-13-14-22-33-28-17-15-16-27(23-28)24-29(32)30-25-26-18-20-31(2)21-19-26;/h15-21,23H,3-14,22,24-25H2,1-2H3;1H. The minimum absolute atomic E-state index is 0. The number of carbonyl (C=O) groups excluding carboxylic acids is 1. The number of pyridine rings is 1. The lowest BCUT2D eigenvalue weighted by Gasteiger charge is -2.09. The number of nitrogens with one attached hydrogen (secondary N) is 1. The molecule has 2 aromatic rings. The summed E-state index contributed by atoms with van der Waals surface area (Å²) in [4.78, 5) is 12.3. The molecule has 0 aliphatic heterocycles. The van der Waals surface area contributed by atoms with E-state index in [1.165, 1.54) is 70.6 Å². The second-order valence-corrected chi connectivity index (χ2v) is 9.21. The number of unbranched alkanes of at least 4 members (excludes halogenated alkanes) is 11. The molecule has 0 bridgehead atoms. The molecule has 1 heterocycles. The van der Waals surface area contributed by atoms with Crippen molar-refractivity contribution in [2.24, 2.45) is 7.05 Å². The fourth-order valence-electron chi connectivity index (χ4n) is 3.98. The fourth-order valence-corrected chi connectivity index (χ4v) is 3.98. The van der Waals surface area contributed by atoms with Gasteiger partial charge in [-0.05, 0) is 29.7 Å². The average molecular weight is 581 g/mol. The van der Waals surface area contributed by atoms with Gasteiger partial charge < -0.3 is 34.0 Å². The molecule has 1 aromatic heterocycles. The van der Waals surface area contributed by atoms with Crippen molar-refractivity contribution >= 4 is 5.91 Å². The molecule has 34 heavy (non-hydrogen) atoms. The van der Waals surface area contributed by atoms with Crippen LogP contribution in [0.4, 0.5) is 0 Å². The zero-order valence-corrected chi connectivity index (χ0v) is 23.5. The molecule has 0 fully saturated rings. The number of hydrogen-bond acceptors (Lipinski definition) is 2. The number of halogens is 1. The summed E-state index contributed by atoms with van der Waals surface area (Å²) in [7, 11) is 1.98. The molecule has 0 aliphatic rings. The average Bonchev–Trinajstić information content (AvgIpc) is 2.82. The molecule has 0 spiro atoms. The Bertz CT molecular complexity index is 780. The van der Waals surface area contributed by atoms with Crippen molar-refractivity contribution < 1.29 is 38.1 Å². The highest BCUT2D eigenvalue weighted by Gasteiger charge is 2.06. The Morgan fingerprint density at radius 3 is 2.03 bits per heavy atom. The quantitative estimate of drug-likeness (QED) is 0.167. The van der Waals surface area contributed by atoms with Crippen molar-refractivity contribution in [3.8, 4) is 5.75 Å². The third-order valence-corrected chi connectivity index (χ3v) is 6.07. The Morgan fingerprint density at radius 2 is 1.41 bits per heavy atom. The molecule has 1 aromatic carbocycles. The van der Waals surface area contributed by atoms with E-state index in [9.17, 15) is 4.79 Å². The number of aryl methyl sites for hydroxylation is 1. The van der Waals surface area contributed by atoms with Crippen molar-refractivity contribution in [3.63, 3.8) is 0 Å². The molecule has 0 aliphatic carbocycles. The molecule has 1 amide bonds. The topological polar surface area (TPSA) is 42.2 Å². The Balaban J connectivity index is 0.00000578. The maximum Gasteiger partial charge on any atom is 0.224 e. The number of ether oxygens (including phenoxy) is 1. The summed E-state index contributed by atoms with van der Waals surface area (Å²) >= 11 is 0. The first-order chi connectivity index (χ1) is 16.2. The Morgan fingerprint density at radius 1 is 0.824 bits per heavy atom. The van der Waals surface area contributed by atoms with Crippen LogP contribution in [0.3, 0.4) is 0 Å². The third-order valence-electron chi connectivity index (χ3n) is 6.07. The number of rotatable bonds is 18. The van der Waals surface area contributed by atoms with Crippen molar-refractivity contribution in [1.29, 1.82) is 0 Å². The number of carbonyl (C=O) groups is 1. The zero-order chi connectivity index (χ0) is 23.6. The largest absolute Gasteiger partial charge is 1.00 e. The van der Waals surface area contributed by atoms with E-state index >= 15 is 0 Å². The highest BCUT2D eigenvalue weighted by Crippen LogP contribution is 2.16. The van der Waals surface area contributed by atoms with E-state index in [1.54, 1.807) is 0 Å². The smallest absolute Gasteiger partial charge is 0.224 e. The van der Waals surface area contributed by atoms with Gasteiger partial charge in [-0.15, -0.1) is 0 Å². The molecule has 2 rings (SSSR count). The molecule has 190 valence electrons. The highest BCUT2D eigenvalue weighted by molar-refractivity contribution is 5.78. The molecule has 4 nitrogen and oxygen atoms in total. The van der Waals surface area contributed by atoms with E-state index in [-0.39, 0.29) is 29.9 Å². The Kier molecular flexibility index (Phi) is 17.6. The van der Waals surface area contributed by atoms with Crippen LogP contribution in [0.15, 0.2) is 48.8 Å². The number of aromatic nitrogens is 1. The van der Waals surface area contributed by atoms with Gasteiger partial charge in [0.25, 0.3) is 0 Å². The minimum Gasteiger partial charge on any atom is -1.00 e. The van der Waals surface area contributed by atoms with Gasteiger partial charge in [0, 0.05) is 18.7 Å². The molecular formula is C29H45IN2O2. The van der Waals surface area contributed by atoms with Crippen LogP contribution in [0.25, 0.3) is 0 Å². The molecule has 0 unspecified atom stereocenters. The van der Waals surface area contributed by atoms with Gasteiger partial charge in [-0.2, -0.15) is 0 Å². The number of nitrogens with zero attached hydrogens (tertiary/aromatic N) is 1. The van der Waals surface area contributed by atoms with Crippen LogP contribution < -0.4 is 38.6 Å². The number of benzene rings is 1. The van der Waals surface area contributed by atoms with Gasteiger partial charge in [-0.25, -0.2) is 4.57 Å². The van der Waals surface area contributed by atoms with Crippen LogP contribution in [0.2, 0.25) is 0 Å². The molecule has 1 N–H and O–H groups in total. The summed E-state index contributed by atoms with van der Waals surface area (Å²) in [5.74, 6) is 0.889. The van der Waals surface area contributed by atoms with Gasteiger partial charge in [-0.1, -0.05) is 89.7 Å². The summed E-state index contributed by atoms with van der Waals surface area (Å²) in [6.07, 6.45) is 20.5. The van der Waals surface area contributed by atoms with Gasteiger partial charge in [0.15, 0.2) is 12.4 Å². The van der Waals surface area contributed by atoms with E-state index < -0.39 is 0 Å². The van der Waals surface area contributed by atoms with Gasteiger partial charge in [0.1, 0.15) is 12.8 Å². The van der Waals surface area contributed by atoms with Crippen molar-refractivity contribution in [3.05, 3.63) is 59.9 Å². The predicted molar refractivity (Wildman–Crippen MR) is 136 cm³/mol. The lowest BCUT2D eigenvalue weighted by molar-refractivity contribution is -0.671. The summed E-state index contributed by atoms with van der Waals surface area (Å²) in [6, 6.07) is 12.0. The summed E-state index contributed by atoms with van der Waals surface area (Å²) in [5, 5.41) is 2.99. The fraction of sp³-hybridized carbons (Fsp3) is 0.586. The van der Waals surface area contributed by atoms with E-state index in [0.717, 1.165) is 29.9 Å². The highest BCUT2D eigenvalue weighted by atomic mass is 127. The van der Waals surface area contributed by atoms with Crippen LogP contribution in [0.1, 0.15) is 95.1 Å². The van der Waals surface area contributed by atoms with E-state index in [2.05, 4.69) is 12.2 Å². The van der Waals surface area contributed by atoms with Crippen LogP contribution in [-0.4, -0.2) is 12.5 Å². The van der Waals surface area contributed by atoms with E-state index in [1.807, 2.05) is 60.4 Å². The molecule has 5 heteroatoms. The maximum absolute atomic E-state index is 12.3. The van der Waals surface area contributed by atoms with Crippen LogP contribution in [0, 0.1) is 0 Å². The van der Waals surface area contributed by atoms with Crippen LogP contribution in [0.5, 0.6) is 5.75 Å². The normalized spacial score (nSPS) is 10.5. The van der Waals surface area contributed by atoms with Crippen LogP contribution >= 0.6 is 0 Å². The molecule has 0 saturated carbocycles. The first kappa shape index (κ1) is 30.4. The molecular weight excluding hydrogens is 535 g/mol. The Labute approximate surface area is 224 Å². The van der Waals surface area contributed by atoms with E-state index in [0.29, 0.717) is 13.0 Å². The lowest BCUT2D eigenvalue weighted by atomic mass is 10.1. The van der Waals surface area contributed by atoms with Gasteiger partial charge in [0.05, 0.1) is 13.0 Å². The summed E-state index contributed by atoms with van der Waals surface area (Å²) < 4.78 is 7.91. The van der Waals surface area contributed by atoms with E-state index in [4.69, 9.17) is 4.74 Å². The molecule has 0 atom stereocenters. The predicted octanol–water partition coefficient (Wildman–Crippen LogP) is 3.45. The monoisotopic (exact) mass is 580 g/mol. The third kappa shape index (κ3) is 14.6. The number of hydrogen-bond donors (Lipinski definition) is 1.